The first-order valence-electron chi connectivity index (χ1n) is 13.7. The van der Waals surface area contributed by atoms with E-state index in [1.54, 1.807) is 19.9 Å². The fraction of sp³-hybridized carbons (Fsp3) is 0.242. The number of carbonyl (C=O) groups is 3. The van der Waals surface area contributed by atoms with Gasteiger partial charge in [0.15, 0.2) is 11.7 Å². The molecule has 0 saturated heterocycles. The van der Waals surface area contributed by atoms with Gasteiger partial charge < -0.3 is 25.6 Å². The Morgan fingerprint density at radius 2 is 1.45 bits per heavy atom. The van der Waals surface area contributed by atoms with Crippen molar-refractivity contribution in [3.8, 4) is 23.3 Å². The van der Waals surface area contributed by atoms with Gasteiger partial charge in [-0.2, -0.15) is 0 Å². The van der Waals surface area contributed by atoms with Crippen molar-refractivity contribution in [2.24, 2.45) is 5.92 Å². The molecule has 0 spiro atoms. The van der Waals surface area contributed by atoms with Crippen LogP contribution in [-0.4, -0.2) is 38.8 Å². The third-order valence-electron chi connectivity index (χ3n) is 6.88. The predicted octanol–water partition coefficient (Wildman–Crippen LogP) is 5.34. The number of H-pyrrole nitrogens is 1. The van der Waals surface area contributed by atoms with Gasteiger partial charge >= 0.3 is 0 Å². The maximum atomic E-state index is 13.3. The van der Waals surface area contributed by atoms with Crippen molar-refractivity contribution in [3.05, 3.63) is 107 Å². The number of hydrogen-bond acceptors (Lipinski definition) is 6. The monoisotopic (exact) mass is 569 g/mol. The van der Waals surface area contributed by atoms with Crippen molar-refractivity contribution in [3.63, 3.8) is 0 Å². The minimum Gasteiger partial charge on any atom is -0.494 e. The number of aromatic amines is 1. The molecule has 1 heterocycles. The normalized spacial score (nSPS) is 12.4. The smallest absolute Gasteiger partial charge is 0.224 e. The van der Waals surface area contributed by atoms with Crippen LogP contribution in [0.5, 0.6) is 23.3 Å². The van der Waals surface area contributed by atoms with Crippen molar-refractivity contribution in [2.45, 2.75) is 45.7 Å². The van der Waals surface area contributed by atoms with Gasteiger partial charge in [0.25, 0.3) is 0 Å². The number of ketones is 1. The molecule has 9 heteroatoms. The summed E-state index contributed by atoms with van der Waals surface area (Å²) >= 11 is 0. The highest BCUT2D eigenvalue weighted by Crippen LogP contribution is 2.30. The van der Waals surface area contributed by atoms with Crippen LogP contribution in [-0.2, 0) is 16.0 Å². The average Bonchev–Trinajstić information content (AvgIpc) is 3.22. The van der Waals surface area contributed by atoms with Gasteiger partial charge in [0.05, 0.1) is 30.5 Å². The summed E-state index contributed by atoms with van der Waals surface area (Å²) in [5, 5.41) is 25.8. The first kappa shape index (κ1) is 29.9. The number of rotatable bonds is 12. The van der Waals surface area contributed by atoms with E-state index in [-0.39, 0.29) is 41.7 Å². The molecule has 1 aromatic heterocycles. The largest absolute Gasteiger partial charge is 0.494 e. The number of aromatic hydroxyl groups is 2. The molecule has 218 valence electrons. The maximum absolute atomic E-state index is 13.3. The second-order valence-corrected chi connectivity index (χ2v) is 10.4. The van der Waals surface area contributed by atoms with E-state index in [0.717, 1.165) is 11.1 Å². The Bertz CT molecular complexity index is 1530. The Hall–Kier alpha value is -5.05. The van der Waals surface area contributed by atoms with Gasteiger partial charge in [-0.1, -0.05) is 74.5 Å². The summed E-state index contributed by atoms with van der Waals surface area (Å²) in [6, 6.07) is 24.1. The fourth-order valence-corrected chi connectivity index (χ4v) is 4.69. The van der Waals surface area contributed by atoms with Crippen LogP contribution in [0.1, 0.15) is 53.4 Å². The van der Waals surface area contributed by atoms with Crippen LogP contribution < -0.4 is 15.4 Å². The van der Waals surface area contributed by atoms with E-state index >= 15 is 0 Å². The number of Topliss-reactive ketones (excluding diaryl/α,β-unsaturated/α-hetero) is 1. The quantitative estimate of drug-likeness (QED) is 0.146. The van der Waals surface area contributed by atoms with Crippen molar-refractivity contribution in [2.75, 3.05) is 0 Å². The first-order chi connectivity index (χ1) is 20.1. The van der Waals surface area contributed by atoms with Crippen LogP contribution in [0.2, 0.25) is 0 Å². The van der Waals surface area contributed by atoms with Crippen molar-refractivity contribution in [1.82, 2.24) is 15.6 Å². The Morgan fingerprint density at radius 1 is 0.810 bits per heavy atom. The van der Waals surface area contributed by atoms with Gasteiger partial charge in [-0.15, -0.1) is 0 Å². The lowest BCUT2D eigenvalue weighted by atomic mass is 9.93. The Balaban J connectivity index is 1.46. The molecular formula is C33H35N3O6. The molecule has 2 amide bonds. The van der Waals surface area contributed by atoms with Gasteiger partial charge in [0, 0.05) is 5.56 Å². The van der Waals surface area contributed by atoms with Crippen molar-refractivity contribution in [1.29, 1.82) is 0 Å². The van der Waals surface area contributed by atoms with E-state index < -0.39 is 29.7 Å². The first-order valence-corrected chi connectivity index (χ1v) is 13.7. The summed E-state index contributed by atoms with van der Waals surface area (Å²) in [6.45, 7) is 5.05. The molecular weight excluding hydrogens is 534 g/mol. The number of ether oxygens (including phenoxy) is 1. The van der Waals surface area contributed by atoms with E-state index in [4.69, 9.17) is 4.74 Å². The minimum atomic E-state index is -0.961. The highest BCUT2D eigenvalue weighted by atomic mass is 16.5. The Kier molecular flexibility index (Phi) is 9.65. The second kappa shape index (κ2) is 13.5. The molecule has 4 rings (SSSR count). The second-order valence-electron chi connectivity index (χ2n) is 10.4. The molecule has 0 saturated carbocycles. The van der Waals surface area contributed by atoms with Crippen molar-refractivity contribution >= 4 is 17.6 Å². The highest BCUT2D eigenvalue weighted by Gasteiger charge is 2.31. The fourth-order valence-electron chi connectivity index (χ4n) is 4.69. The van der Waals surface area contributed by atoms with Crippen LogP contribution in [0.25, 0.3) is 0 Å². The summed E-state index contributed by atoms with van der Waals surface area (Å²) in [5.74, 6) is -1.05. The van der Waals surface area contributed by atoms with E-state index in [1.165, 1.54) is 6.92 Å². The molecule has 9 nitrogen and oxygen atoms in total. The summed E-state index contributed by atoms with van der Waals surface area (Å²) in [7, 11) is 0. The molecule has 3 aromatic carbocycles. The van der Waals surface area contributed by atoms with Crippen LogP contribution in [0.15, 0.2) is 84.9 Å². The summed E-state index contributed by atoms with van der Waals surface area (Å²) in [4.78, 5) is 42.0. The minimum absolute atomic E-state index is 0.0690. The molecule has 0 aliphatic rings. The zero-order valence-corrected chi connectivity index (χ0v) is 23.8. The average molecular weight is 570 g/mol. The number of benzene rings is 3. The van der Waals surface area contributed by atoms with Gasteiger partial charge in [0.1, 0.15) is 11.5 Å². The van der Waals surface area contributed by atoms with Gasteiger partial charge in [0.2, 0.25) is 17.7 Å². The van der Waals surface area contributed by atoms with Crippen LogP contribution in [0.4, 0.5) is 0 Å². The molecule has 42 heavy (non-hydrogen) atoms. The third kappa shape index (κ3) is 7.57. The van der Waals surface area contributed by atoms with Crippen LogP contribution in [0, 0.1) is 12.8 Å². The molecule has 0 bridgehead atoms. The molecule has 0 fully saturated rings. The summed E-state index contributed by atoms with van der Waals surface area (Å²) < 4.78 is 5.88. The van der Waals surface area contributed by atoms with Crippen LogP contribution >= 0.6 is 0 Å². The van der Waals surface area contributed by atoms with E-state index in [9.17, 15) is 24.6 Å². The lowest BCUT2D eigenvalue weighted by Gasteiger charge is -2.24. The summed E-state index contributed by atoms with van der Waals surface area (Å²) in [5.41, 5.74) is 1.61. The lowest BCUT2D eigenvalue weighted by molar-refractivity contribution is -0.123. The third-order valence-corrected chi connectivity index (χ3v) is 6.88. The molecule has 0 aliphatic heterocycles. The summed E-state index contributed by atoms with van der Waals surface area (Å²) in [6.07, 6.45) is -0.0493. The molecule has 0 unspecified atom stereocenters. The lowest BCUT2D eigenvalue weighted by Crippen LogP contribution is -2.45. The van der Waals surface area contributed by atoms with Gasteiger partial charge in [-0.3, -0.25) is 19.4 Å². The number of amides is 2. The molecule has 0 radical (unpaired) electrons. The number of hydrogen-bond donors (Lipinski definition) is 5. The number of aromatic nitrogens is 1. The Morgan fingerprint density at radius 3 is 2.07 bits per heavy atom. The SMILES string of the molecule is Cc1c(O)[nH]c(O)c1C(=O)[C@@H](NC(=O)C[C@H](NC(=O)Cc1cccc(Oc2ccccc2)c1)c1ccccc1)C(C)C. The van der Waals surface area contributed by atoms with E-state index in [0.29, 0.717) is 11.5 Å². The molecule has 5 N–H and O–H groups in total. The number of carbonyl (C=O) groups excluding carboxylic acids is 3. The number of para-hydroxylation sites is 1. The van der Waals surface area contributed by atoms with E-state index in [1.807, 2.05) is 78.9 Å². The zero-order chi connectivity index (χ0) is 30.2. The molecule has 2 atom stereocenters. The molecule has 0 aliphatic carbocycles. The highest BCUT2D eigenvalue weighted by molar-refractivity contribution is 6.05. The predicted molar refractivity (Wildman–Crippen MR) is 159 cm³/mol. The van der Waals surface area contributed by atoms with Crippen molar-refractivity contribution < 1.29 is 29.3 Å². The molecule has 4 aromatic rings. The Labute approximate surface area is 244 Å². The van der Waals surface area contributed by atoms with Gasteiger partial charge in [-0.05, 0) is 48.2 Å². The maximum Gasteiger partial charge on any atom is 0.224 e. The van der Waals surface area contributed by atoms with Gasteiger partial charge in [-0.25, -0.2) is 0 Å². The zero-order valence-electron chi connectivity index (χ0n) is 23.8. The van der Waals surface area contributed by atoms with E-state index in [2.05, 4.69) is 15.6 Å². The number of nitrogens with one attached hydrogen (secondary N) is 3. The van der Waals surface area contributed by atoms with Crippen LogP contribution in [0.3, 0.4) is 0 Å². The topological polar surface area (TPSA) is 141 Å². The standard InChI is InChI=1S/C33H35N3O6/c1-20(2)30(31(39)29-21(3)32(40)36-33(29)41)35-28(38)19-26(23-12-6-4-7-13-23)34-27(37)18-22-11-10-16-25(17-22)42-24-14-8-5-9-15-24/h4-17,20,26,30,36,40-41H,18-19H2,1-3H3,(H,34,37)(H,35,38)/t26-,30-/m0/s1.